The van der Waals surface area contributed by atoms with Gasteiger partial charge in [-0.3, -0.25) is 0 Å². The Bertz CT molecular complexity index is 407. The summed E-state index contributed by atoms with van der Waals surface area (Å²) in [7, 11) is 2.14. The van der Waals surface area contributed by atoms with Crippen LogP contribution in [0.4, 0.5) is 8.78 Å². The van der Waals surface area contributed by atoms with Gasteiger partial charge in [0.15, 0.2) is 0 Å². The molecule has 5 heteroatoms. The summed E-state index contributed by atoms with van der Waals surface area (Å²) in [6.45, 7) is 0.992. The lowest BCUT2D eigenvalue weighted by Crippen LogP contribution is -2.34. The van der Waals surface area contributed by atoms with Gasteiger partial charge in [-0.1, -0.05) is 18.2 Å². The van der Waals surface area contributed by atoms with Crippen LogP contribution in [0, 0.1) is 5.92 Å². The number of halogens is 2. The zero-order chi connectivity index (χ0) is 14.4. The molecule has 20 heavy (non-hydrogen) atoms. The largest absolute Gasteiger partial charge is 0.434 e. The van der Waals surface area contributed by atoms with Gasteiger partial charge in [0.25, 0.3) is 0 Å². The lowest BCUT2D eigenvalue weighted by Gasteiger charge is -2.29. The van der Waals surface area contributed by atoms with E-state index in [0.29, 0.717) is 12.5 Å². The molecule has 0 saturated carbocycles. The van der Waals surface area contributed by atoms with Crippen LogP contribution in [-0.2, 0) is 6.54 Å². The third-order valence-corrected chi connectivity index (χ3v) is 3.78. The summed E-state index contributed by atoms with van der Waals surface area (Å²) in [6, 6.07) is 6.95. The number of alkyl halides is 2. The fourth-order valence-electron chi connectivity index (χ4n) is 2.54. The maximum Gasteiger partial charge on any atom is 0.387 e. The number of benzene rings is 1. The van der Waals surface area contributed by atoms with Crippen LogP contribution in [0.3, 0.4) is 0 Å². The smallest absolute Gasteiger partial charge is 0.387 e. The molecule has 1 aromatic rings. The highest BCUT2D eigenvalue weighted by Crippen LogP contribution is 2.20. The molecule has 1 fully saturated rings. The molecule has 0 radical (unpaired) electrons. The van der Waals surface area contributed by atoms with Crippen molar-refractivity contribution >= 4 is 0 Å². The van der Waals surface area contributed by atoms with Gasteiger partial charge in [-0.2, -0.15) is 8.78 Å². The van der Waals surface area contributed by atoms with Gasteiger partial charge < -0.3 is 15.0 Å². The number of likely N-dealkylation sites (tertiary alicyclic amines) is 1. The Morgan fingerprint density at radius 1 is 1.30 bits per heavy atom. The highest BCUT2D eigenvalue weighted by atomic mass is 19.3. The summed E-state index contributed by atoms with van der Waals surface area (Å²) < 4.78 is 29.1. The Labute approximate surface area is 118 Å². The average Bonchev–Trinajstić information content (AvgIpc) is 2.42. The minimum atomic E-state index is -2.77. The van der Waals surface area contributed by atoms with Gasteiger partial charge in [0, 0.05) is 12.1 Å². The standard InChI is InChI=1S/C15H22F2N2O/c1-19-8-6-12(7-9-19)10-18-11-13-4-2-3-5-14(13)20-15(16)17/h2-5,12,15,18H,6-11H2,1H3. The van der Waals surface area contributed by atoms with Crippen molar-refractivity contribution < 1.29 is 13.5 Å². The van der Waals surface area contributed by atoms with Gasteiger partial charge in [-0.25, -0.2) is 0 Å². The van der Waals surface area contributed by atoms with Crippen molar-refractivity contribution in [1.29, 1.82) is 0 Å². The third kappa shape index (κ3) is 4.72. The molecule has 1 heterocycles. The van der Waals surface area contributed by atoms with Crippen LogP contribution < -0.4 is 10.1 Å². The number of hydrogen-bond acceptors (Lipinski definition) is 3. The molecule has 1 saturated heterocycles. The second-order valence-corrected chi connectivity index (χ2v) is 5.36. The SMILES string of the molecule is CN1CCC(CNCc2ccccc2OC(F)F)CC1. The maximum atomic E-state index is 12.3. The van der Waals surface area contributed by atoms with E-state index in [1.807, 2.05) is 12.1 Å². The quantitative estimate of drug-likeness (QED) is 0.869. The van der Waals surface area contributed by atoms with Crippen LogP contribution in [0.2, 0.25) is 0 Å². The Kier molecular flexibility index (Phi) is 5.73. The Morgan fingerprint density at radius 2 is 2.00 bits per heavy atom. The molecule has 0 aliphatic carbocycles. The van der Waals surface area contributed by atoms with Crippen LogP contribution in [0.25, 0.3) is 0 Å². The van der Waals surface area contributed by atoms with Gasteiger partial charge in [0.1, 0.15) is 5.75 Å². The molecule has 1 aliphatic heterocycles. The van der Waals surface area contributed by atoms with Crippen molar-refractivity contribution in [3.63, 3.8) is 0 Å². The summed E-state index contributed by atoms with van der Waals surface area (Å²) in [6.07, 6.45) is 2.39. The molecule has 1 aromatic carbocycles. The molecule has 0 bridgehead atoms. The predicted molar refractivity (Wildman–Crippen MR) is 75.0 cm³/mol. The average molecular weight is 284 g/mol. The first kappa shape index (κ1) is 15.2. The Hall–Kier alpha value is -1.20. The first-order valence-corrected chi connectivity index (χ1v) is 7.07. The molecule has 2 rings (SSSR count). The molecule has 0 spiro atoms. The van der Waals surface area contributed by atoms with E-state index in [1.54, 1.807) is 12.1 Å². The first-order chi connectivity index (χ1) is 9.65. The summed E-state index contributed by atoms with van der Waals surface area (Å²) in [5.74, 6) is 0.938. The van der Waals surface area contributed by atoms with E-state index >= 15 is 0 Å². The molecule has 1 aliphatic rings. The second kappa shape index (κ2) is 7.55. The molecular weight excluding hydrogens is 262 g/mol. The minimum absolute atomic E-state index is 0.262. The fourth-order valence-corrected chi connectivity index (χ4v) is 2.54. The normalized spacial score (nSPS) is 17.6. The molecular formula is C15H22F2N2O. The van der Waals surface area contributed by atoms with Crippen LogP contribution in [-0.4, -0.2) is 38.2 Å². The maximum absolute atomic E-state index is 12.3. The zero-order valence-electron chi connectivity index (χ0n) is 11.8. The van der Waals surface area contributed by atoms with E-state index in [-0.39, 0.29) is 5.75 Å². The number of para-hydroxylation sites is 1. The molecule has 3 nitrogen and oxygen atoms in total. The van der Waals surface area contributed by atoms with E-state index in [2.05, 4.69) is 22.0 Å². The number of rotatable bonds is 6. The van der Waals surface area contributed by atoms with E-state index < -0.39 is 6.61 Å². The van der Waals surface area contributed by atoms with Crippen LogP contribution in [0.1, 0.15) is 18.4 Å². The first-order valence-electron chi connectivity index (χ1n) is 7.07. The van der Waals surface area contributed by atoms with E-state index in [0.717, 1.165) is 25.2 Å². The van der Waals surface area contributed by atoms with Crippen LogP contribution >= 0.6 is 0 Å². The Balaban J connectivity index is 1.79. The van der Waals surface area contributed by atoms with Crippen molar-refractivity contribution in [2.75, 3.05) is 26.7 Å². The lowest BCUT2D eigenvalue weighted by atomic mass is 9.97. The molecule has 0 aromatic heterocycles. The van der Waals surface area contributed by atoms with Crippen LogP contribution in [0.5, 0.6) is 5.75 Å². The van der Waals surface area contributed by atoms with E-state index in [4.69, 9.17) is 0 Å². The van der Waals surface area contributed by atoms with Crippen molar-refractivity contribution in [3.05, 3.63) is 29.8 Å². The van der Waals surface area contributed by atoms with E-state index in [1.165, 1.54) is 12.8 Å². The topological polar surface area (TPSA) is 24.5 Å². The van der Waals surface area contributed by atoms with Gasteiger partial charge in [0.05, 0.1) is 0 Å². The summed E-state index contributed by atoms with van der Waals surface area (Å²) in [4.78, 5) is 2.34. The number of hydrogen-bond donors (Lipinski definition) is 1. The fraction of sp³-hybridized carbons (Fsp3) is 0.600. The van der Waals surface area contributed by atoms with Crippen LogP contribution in [0.15, 0.2) is 24.3 Å². The zero-order valence-corrected chi connectivity index (χ0v) is 11.8. The molecule has 1 N–H and O–H groups in total. The molecule has 0 unspecified atom stereocenters. The highest BCUT2D eigenvalue weighted by molar-refractivity contribution is 5.33. The number of nitrogens with zero attached hydrogens (tertiary/aromatic N) is 1. The van der Waals surface area contributed by atoms with E-state index in [9.17, 15) is 8.78 Å². The number of piperidine rings is 1. The molecule has 0 amide bonds. The van der Waals surface area contributed by atoms with Crippen molar-refractivity contribution in [3.8, 4) is 5.75 Å². The Morgan fingerprint density at radius 3 is 2.70 bits per heavy atom. The lowest BCUT2D eigenvalue weighted by molar-refractivity contribution is -0.0505. The van der Waals surface area contributed by atoms with Gasteiger partial charge in [-0.15, -0.1) is 0 Å². The van der Waals surface area contributed by atoms with Crippen molar-refractivity contribution in [2.24, 2.45) is 5.92 Å². The van der Waals surface area contributed by atoms with Gasteiger partial charge in [0.2, 0.25) is 0 Å². The van der Waals surface area contributed by atoms with Crippen molar-refractivity contribution in [1.82, 2.24) is 10.2 Å². The van der Waals surface area contributed by atoms with Gasteiger partial charge in [-0.05, 0) is 51.5 Å². The second-order valence-electron chi connectivity index (χ2n) is 5.36. The summed E-state index contributed by atoms with van der Waals surface area (Å²) in [5.41, 5.74) is 0.778. The minimum Gasteiger partial charge on any atom is -0.434 e. The highest BCUT2D eigenvalue weighted by Gasteiger charge is 2.16. The molecule has 112 valence electrons. The van der Waals surface area contributed by atoms with Crippen molar-refractivity contribution in [2.45, 2.75) is 26.0 Å². The summed E-state index contributed by atoms with van der Waals surface area (Å²) in [5, 5.41) is 3.36. The number of ether oxygens (including phenoxy) is 1. The monoisotopic (exact) mass is 284 g/mol. The summed E-state index contributed by atoms with van der Waals surface area (Å²) >= 11 is 0. The number of nitrogens with one attached hydrogen (secondary N) is 1. The van der Waals surface area contributed by atoms with Gasteiger partial charge >= 0.3 is 6.61 Å². The molecule has 0 atom stereocenters. The predicted octanol–water partition coefficient (Wildman–Crippen LogP) is 2.72. The third-order valence-electron chi connectivity index (χ3n) is 3.78.